The van der Waals surface area contributed by atoms with E-state index >= 15 is 0 Å². The molecular weight excluding hydrogens is 374 g/mol. The van der Waals surface area contributed by atoms with Crippen molar-refractivity contribution in [2.45, 2.75) is 64.5 Å². The molecule has 0 spiro atoms. The minimum Gasteiger partial charge on any atom is -0.330 e. The number of carbonyl (C=O) groups excluding carboxylic acids is 1. The molecule has 0 bridgehead atoms. The highest BCUT2D eigenvalue weighted by molar-refractivity contribution is 5.95. The van der Waals surface area contributed by atoms with Gasteiger partial charge in [-0.2, -0.15) is 10.2 Å². The summed E-state index contributed by atoms with van der Waals surface area (Å²) in [7, 11) is 2.03. The second kappa shape index (κ2) is 7.74. The van der Waals surface area contributed by atoms with Crippen molar-refractivity contribution in [3.05, 3.63) is 64.7 Å². The van der Waals surface area contributed by atoms with Gasteiger partial charge < -0.3 is 4.90 Å². The summed E-state index contributed by atoms with van der Waals surface area (Å²) in [5.74, 6) is 0.0824. The maximum Gasteiger partial charge on any atom is 0.257 e. The predicted molar refractivity (Wildman–Crippen MR) is 116 cm³/mol. The Bertz CT molecular complexity index is 1060. The summed E-state index contributed by atoms with van der Waals surface area (Å²) in [5, 5.41) is 9.33. The van der Waals surface area contributed by atoms with Gasteiger partial charge in [0.2, 0.25) is 0 Å². The third-order valence-corrected chi connectivity index (χ3v) is 6.79. The fraction of sp³-hybridized carbons (Fsp3) is 0.458. The number of aromatic nitrogens is 4. The molecule has 2 aliphatic carbocycles. The van der Waals surface area contributed by atoms with Gasteiger partial charge in [-0.1, -0.05) is 31.0 Å². The van der Waals surface area contributed by atoms with Crippen molar-refractivity contribution in [1.82, 2.24) is 24.5 Å². The molecule has 0 N–H and O–H groups in total. The van der Waals surface area contributed by atoms with Crippen molar-refractivity contribution in [2.75, 3.05) is 0 Å². The Kier molecular flexibility index (Phi) is 4.93. The van der Waals surface area contributed by atoms with E-state index in [-0.39, 0.29) is 11.9 Å². The molecule has 0 unspecified atom stereocenters. The lowest BCUT2D eigenvalue weighted by Crippen LogP contribution is -2.39. The SMILES string of the molecule is Cc1c(C(=O)N(Cc2nn(C)c3c2CCC3)C2CCCC2)cnn1-c1ccccc1. The maximum absolute atomic E-state index is 13.7. The molecule has 6 nitrogen and oxygen atoms in total. The van der Waals surface area contributed by atoms with Crippen molar-refractivity contribution in [3.8, 4) is 5.69 Å². The minimum absolute atomic E-state index is 0.0824. The Balaban J connectivity index is 1.47. The predicted octanol–water partition coefficient (Wildman–Crippen LogP) is 3.99. The third-order valence-electron chi connectivity index (χ3n) is 6.79. The number of para-hydroxylation sites is 1. The van der Waals surface area contributed by atoms with Gasteiger partial charge in [0.15, 0.2) is 0 Å². The van der Waals surface area contributed by atoms with Crippen LogP contribution in [0.4, 0.5) is 0 Å². The van der Waals surface area contributed by atoms with E-state index < -0.39 is 0 Å². The molecule has 2 aliphatic rings. The zero-order valence-corrected chi connectivity index (χ0v) is 17.8. The average Bonchev–Trinajstić information content (AvgIpc) is 3.54. The first kappa shape index (κ1) is 19.1. The van der Waals surface area contributed by atoms with Crippen molar-refractivity contribution >= 4 is 5.91 Å². The lowest BCUT2D eigenvalue weighted by Gasteiger charge is -2.28. The number of hydrogen-bond donors (Lipinski definition) is 0. The number of aryl methyl sites for hydroxylation is 1. The van der Waals surface area contributed by atoms with E-state index in [9.17, 15) is 4.79 Å². The van der Waals surface area contributed by atoms with Crippen LogP contribution >= 0.6 is 0 Å². The summed E-state index contributed by atoms with van der Waals surface area (Å²) in [6.07, 6.45) is 9.63. The van der Waals surface area contributed by atoms with Crippen molar-refractivity contribution < 1.29 is 4.79 Å². The van der Waals surface area contributed by atoms with E-state index in [1.54, 1.807) is 6.20 Å². The van der Waals surface area contributed by atoms with Gasteiger partial charge in [0.25, 0.3) is 5.91 Å². The molecule has 0 saturated heterocycles. The molecule has 5 rings (SSSR count). The van der Waals surface area contributed by atoms with Crippen LogP contribution in [0, 0.1) is 6.92 Å². The fourth-order valence-electron chi connectivity index (χ4n) is 5.17. The Morgan fingerprint density at radius 3 is 2.67 bits per heavy atom. The standard InChI is InChI=1S/C24H29N5O/c1-17-21(15-25-29(17)19-11-4-3-5-12-19)24(30)28(18-9-6-7-10-18)16-22-20-13-8-14-23(20)27(2)26-22/h3-5,11-12,15,18H,6-10,13-14,16H2,1-2H3. The van der Waals surface area contributed by atoms with E-state index in [1.807, 2.05) is 53.7 Å². The van der Waals surface area contributed by atoms with Crippen LogP contribution in [0.2, 0.25) is 0 Å². The van der Waals surface area contributed by atoms with Crippen molar-refractivity contribution in [3.63, 3.8) is 0 Å². The molecule has 1 aromatic carbocycles. The van der Waals surface area contributed by atoms with Crippen LogP contribution in [0.1, 0.15) is 65.1 Å². The van der Waals surface area contributed by atoms with Crippen LogP contribution in [-0.4, -0.2) is 36.4 Å². The lowest BCUT2D eigenvalue weighted by molar-refractivity contribution is 0.0660. The summed E-state index contributed by atoms with van der Waals surface area (Å²) in [5.41, 5.74) is 6.35. The van der Waals surface area contributed by atoms with E-state index in [0.717, 1.165) is 42.8 Å². The van der Waals surface area contributed by atoms with Crippen LogP contribution in [0.25, 0.3) is 5.69 Å². The van der Waals surface area contributed by atoms with E-state index in [1.165, 1.54) is 30.5 Å². The Morgan fingerprint density at radius 1 is 1.13 bits per heavy atom. The summed E-state index contributed by atoms with van der Waals surface area (Å²) in [4.78, 5) is 15.8. The molecule has 0 radical (unpaired) electrons. The number of hydrogen-bond acceptors (Lipinski definition) is 3. The first-order valence-electron chi connectivity index (χ1n) is 11.1. The lowest BCUT2D eigenvalue weighted by atomic mass is 10.1. The van der Waals surface area contributed by atoms with Gasteiger partial charge in [0.05, 0.1) is 35.4 Å². The number of amides is 1. The molecular formula is C24H29N5O. The second-order valence-electron chi connectivity index (χ2n) is 8.61. The monoisotopic (exact) mass is 403 g/mol. The largest absolute Gasteiger partial charge is 0.330 e. The van der Waals surface area contributed by atoms with Crippen LogP contribution in [0.3, 0.4) is 0 Å². The summed E-state index contributed by atoms with van der Waals surface area (Å²) in [6, 6.07) is 10.3. The number of benzene rings is 1. The van der Waals surface area contributed by atoms with Gasteiger partial charge in [-0.15, -0.1) is 0 Å². The van der Waals surface area contributed by atoms with Crippen LogP contribution < -0.4 is 0 Å². The minimum atomic E-state index is 0.0824. The Labute approximate surface area is 177 Å². The van der Waals surface area contributed by atoms with E-state index in [0.29, 0.717) is 12.1 Å². The number of carbonyl (C=O) groups is 1. The first-order chi connectivity index (χ1) is 14.6. The molecule has 2 heterocycles. The number of fused-ring (bicyclic) bond motifs is 1. The van der Waals surface area contributed by atoms with Crippen LogP contribution in [0.5, 0.6) is 0 Å². The van der Waals surface area contributed by atoms with Gasteiger partial charge >= 0.3 is 0 Å². The average molecular weight is 404 g/mol. The molecule has 1 saturated carbocycles. The molecule has 1 fully saturated rings. The topological polar surface area (TPSA) is 56.0 Å². The highest BCUT2D eigenvalue weighted by Gasteiger charge is 2.32. The smallest absolute Gasteiger partial charge is 0.257 e. The molecule has 2 aromatic heterocycles. The van der Waals surface area contributed by atoms with E-state index in [2.05, 4.69) is 10.00 Å². The quantitative estimate of drug-likeness (QED) is 0.647. The van der Waals surface area contributed by atoms with Gasteiger partial charge in [0, 0.05) is 18.8 Å². The molecule has 6 heteroatoms. The van der Waals surface area contributed by atoms with Gasteiger partial charge in [-0.3, -0.25) is 9.48 Å². The van der Waals surface area contributed by atoms with Crippen LogP contribution in [0.15, 0.2) is 36.5 Å². The van der Waals surface area contributed by atoms with Crippen LogP contribution in [-0.2, 0) is 26.4 Å². The second-order valence-corrected chi connectivity index (χ2v) is 8.61. The van der Waals surface area contributed by atoms with E-state index in [4.69, 9.17) is 5.10 Å². The Morgan fingerprint density at radius 2 is 1.90 bits per heavy atom. The highest BCUT2D eigenvalue weighted by Crippen LogP contribution is 2.30. The number of nitrogens with zero attached hydrogens (tertiary/aromatic N) is 5. The normalized spacial score (nSPS) is 16.2. The molecule has 0 aliphatic heterocycles. The molecule has 0 atom stereocenters. The van der Waals surface area contributed by atoms with Crippen molar-refractivity contribution in [2.24, 2.45) is 7.05 Å². The third kappa shape index (κ3) is 3.24. The zero-order valence-electron chi connectivity index (χ0n) is 17.8. The highest BCUT2D eigenvalue weighted by atomic mass is 16.2. The summed E-state index contributed by atoms with van der Waals surface area (Å²) >= 11 is 0. The molecule has 1 amide bonds. The molecule has 30 heavy (non-hydrogen) atoms. The van der Waals surface area contributed by atoms with Gasteiger partial charge in [-0.05, 0) is 56.7 Å². The zero-order chi connectivity index (χ0) is 20.7. The first-order valence-corrected chi connectivity index (χ1v) is 11.1. The van der Waals surface area contributed by atoms with Gasteiger partial charge in [0.1, 0.15) is 0 Å². The Hall–Kier alpha value is -2.89. The molecule has 3 aromatic rings. The summed E-state index contributed by atoms with van der Waals surface area (Å²) in [6.45, 7) is 2.58. The fourth-order valence-corrected chi connectivity index (χ4v) is 5.17. The maximum atomic E-state index is 13.7. The van der Waals surface area contributed by atoms with Crippen molar-refractivity contribution in [1.29, 1.82) is 0 Å². The molecule has 156 valence electrons. The number of rotatable bonds is 5. The van der Waals surface area contributed by atoms with Gasteiger partial charge in [-0.25, -0.2) is 4.68 Å². The summed E-state index contributed by atoms with van der Waals surface area (Å²) < 4.78 is 3.88.